The number of nitro benzene ring substituents is 1. The lowest BCUT2D eigenvalue weighted by Crippen LogP contribution is -2.18. The number of carbonyl (C=O) groups excluding carboxylic acids is 1. The number of nitrogens with zero attached hydrogens (tertiary/aromatic N) is 1. The zero-order valence-corrected chi connectivity index (χ0v) is 11.8. The Balaban J connectivity index is 2.46. The van der Waals surface area contributed by atoms with Crippen LogP contribution in [-0.2, 0) is 4.74 Å². The van der Waals surface area contributed by atoms with E-state index in [1.54, 1.807) is 0 Å². The molecule has 1 aliphatic rings. The summed E-state index contributed by atoms with van der Waals surface area (Å²) in [7, 11) is 0. The van der Waals surface area contributed by atoms with Crippen molar-refractivity contribution < 1.29 is 19.2 Å². The maximum atomic E-state index is 11.6. The highest BCUT2D eigenvalue weighted by Gasteiger charge is 2.27. The molecule has 7 heteroatoms. The Hall–Kier alpha value is -1.47. The smallest absolute Gasteiger partial charge is 0.312 e. The summed E-state index contributed by atoms with van der Waals surface area (Å²) in [6.07, 6.45) is 0.405. The van der Waals surface area contributed by atoms with E-state index in [1.807, 2.05) is 0 Å². The number of ketones is 1. The molecule has 0 spiro atoms. The van der Waals surface area contributed by atoms with Gasteiger partial charge in [-0.25, -0.2) is 0 Å². The molecule has 102 valence electrons. The molecular formula is C12H12BrNO5. The van der Waals surface area contributed by atoms with Crippen LogP contribution in [0.4, 0.5) is 5.69 Å². The summed E-state index contributed by atoms with van der Waals surface area (Å²) in [5.74, 6) is -0.255. The first-order valence-corrected chi connectivity index (χ1v) is 6.51. The maximum Gasteiger partial charge on any atom is 0.312 e. The summed E-state index contributed by atoms with van der Waals surface area (Å²) >= 11 is 3.16. The van der Waals surface area contributed by atoms with Crippen LogP contribution in [0, 0.1) is 10.1 Å². The first-order chi connectivity index (χ1) is 8.99. The fraction of sp³-hybridized carbons (Fsp3) is 0.417. The Morgan fingerprint density at radius 1 is 1.58 bits per heavy atom. The van der Waals surface area contributed by atoms with Crippen LogP contribution in [-0.4, -0.2) is 30.0 Å². The van der Waals surface area contributed by atoms with E-state index in [0.717, 1.165) is 0 Å². The van der Waals surface area contributed by atoms with Crippen molar-refractivity contribution in [2.24, 2.45) is 0 Å². The Bertz CT molecular complexity index is 490. The third-order valence-corrected chi connectivity index (χ3v) is 3.24. The molecule has 0 radical (unpaired) electrons. The predicted molar refractivity (Wildman–Crippen MR) is 70.7 cm³/mol. The van der Waals surface area contributed by atoms with Crippen molar-refractivity contribution in [3.8, 4) is 5.75 Å². The van der Waals surface area contributed by atoms with Crippen LogP contribution in [0.25, 0.3) is 0 Å². The van der Waals surface area contributed by atoms with Gasteiger partial charge in [0.25, 0.3) is 0 Å². The highest BCUT2D eigenvalue weighted by Crippen LogP contribution is 2.36. The molecule has 2 rings (SSSR count). The highest BCUT2D eigenvalue weighted by molar-refractivity contribution is 9.10. The fourth-order valence-corrected chi connectivity index (χ4v) is 2.32. The Labute approximate surface area is 118 Å². The Morgan fingerprint density at radius 2 is 2.32 bits per heavy atom. The summed E-state index contributed by atoms with van der Waals surface area (Å²) in [4.78, 5) is 22.1. The molecule has 1 fully saturated rings. The van der Waals surface area contributed by atoms with E-state index < -0.39 is 4.92 Å². The lowest BCUT2D eigenvalue weighted by atomic mass is 10.1. The van der Waals surface area contributed by atoms with Crippen LogP contribution in [0.15, 0.2) is 16.6 Å². The molecule has 0 aromatic heterocycles. The standard InChI is InChI=1S/C12H12BrNO5/c1-7(15)10-4-8(13)5-11(14(16)17)12(10)19-9-2-3-18-6-9/h4-5,9H,2-3,6H2,1H3. The number of halogens is 1. The van der Waals surface area contributed by atoms with Crippen molar-refractivity contribution >= 4 is 27.4 Å². The number of rotatable bonds is 4. The maximum absolute atomic E-state index is 11.6. The largest absolute Gasteiger partial charge is 0.480 e. The predicted octanol–water partition coefficient (Wildman–Crippen LogP) is 2.73. The lowest BCUT2D eigenvalue weighted by molar-refractivity contribution is -0.386. The Kier molecular flexibility index (Phi) is 4.16. The first-order valence-electron chi connectivity index (χ1n) is 5.72. The summed E-state index contributed by atoms with van der Waals surface area (Å²) in [6.45, 7) is 2.29. The van der Waals surface area contributed by atoms with Crippen molar-refractivity contribution in [1.29, 1.82) is 0 Å². The summed E-state index contributed by atoms with van der Waals surface area (Å²) in [5.41, 5.74) is -0.0144. The second-order valence-corrected chi connectivity index (χ2v) is 5.13. The number of Topliss-reactive ketones (excluding diaryl/α,β-unsaturated/α-hetero) is 1. The van der Waals surface area contributed by atoms with Crippen LogP contribution in [0.5, 0.6) is 5.75 Å². The second-order valence-electron chi connectivity index (χ2n) is 4.22. The third-order valence-electron chi connectivity index (χ3n) is 2.78. The molecule has 1 heterocycles. The average molecular weight is 330 g/mol. The minimum absolute atomic E-state index is 0.0243. The molecule has 19 heavy (non-hydrogen) atoms. The van der Waals surface area contributed by atoms with Crippen LogP contribution < -0.4 is 4.74 Å². The molecule has 0 N–H and O–H groups in total. The fourth-order valence-electron chi connectivity index (χ4n) is 1.87. The van der Waals surface area contributed by atoms with E-state index >= 15 is 0 Å². The van der Waals surface area contributed by atoms with Gasteiger partial charge in [-0.05, 0) is 13.0 Å². The normalized spacial score (nSPS) is 18.3. The van der Waals surface area contributed by atoms with Gasteiger partial charge in [0.15, 0.2) is 5.78 Å². The molecule has 1 unspecified atom stereocenters. The van der Waals surface area contributed by atoms with Gasteiger partial charge < -0.3 is 9.47 Å². The summed E-state index contributed by atoms with van der Waals surface area (Å²) in [6, 6.07) is 2.86. The van der Waals surface area contributed by atoms with Crippen molar-refractivity contribution in [2.75, 3.05) is 13.2 Å². The molecule has 1 aromatic rings. The molecular weight excluding hydrogens is 318 g/mol. The third kappa shape index (κ3) is 3.10. The average Bonchev–Trinajstić information content (AvgIpc) is 2.83. The first kappa shape index (κ1) is 14.0. The second kappa shape index (κ2) is 5.66. The van der Waals surface area contributed by atoms with Crippen molar-refractivity contribution in [3.63, 3.8) is 0 Å². The monoisotopic (exact) mass is 329 g/mol. The molecule has 6 nitrogen and oxygen atoms in total. The topological polar surface area (TPSA) is 78.7 Å². The van der Waals surface area contributed by atoms with E-state index in [1.165, 1.54) is 19.1 Å². The van der Waals surface area contributed by atoms with Crippen LogP contribution >= 0.6 is 15.9 Å². The van der Waals surface area contributed by atoms with Gasteiger partial charge in [-0.1, -0.05) is 15.9 Å². The van der Waals surface area contributed by atoms with Gasteiger partial charge in [-0.15, -0.1) is 0 Å². The molecule has 1 aromatic carbocycles. The number of hydrogen-bond acceptors (Lipinski definition) is 5. The van der Waals surface area contributed by atoms with Gasteiger partial charge >= 0.3 is 5.69 Å². The quantitative estimate of drug-likeness (QED) is 0.482. The van der Waals surface area contributed by atoms with E-state index in [9.17, 15) is 14.9 Å². The van der Waals surface area contributed by atoms with E-state index in [2.05, 4.69) is 15.9 Å². The Morgan fingerprint density at radius 3 is 2.84 bits per heavy atom. The van der Waals surface area contributed by atoms with E-state index in [0.29, 0.717) is 24.1 Å². The van der Waals surface area contributed by atoms with E-state index in [-0.39, 0.29) is 28.9 Å². The summed E-state index contributed by atoms with van der Waals surface area (Å²) < 4.78 is 11.2. The van der Waals surface area contributed by atoms with Crippen molar-refractivity contribution in [1.82, 2.24) is 0 Å². The van der Waals surface area contributed by atoms with Gasteiger partial charge in [-0.3, -0.25) is 14.9 Å². The van der Waals surface area contributed by atoms with Crippen molar-refractivity contribution in [3.05, 3.63) is 32.3 Å². The van der Waals surface area contributed by atoms with Crippen LogP contribution in [0.2, 0.25) is 0 Å². The summed E-state index contributed by atoms with van der Waals surface area (Å²) in [5, 5.41) is 11.1. The van der Waals surface area contributed by atoms with Gasteiger partial charge in [0.2, 0.25) is 5.75 Å². The van der Waals surface area contributed by atoms with Gasteiger partial charge in [0, 0.05) is 17.0 Å². The molecule has 1 aliphatic heterocycles. The zero-order valence-electron chi connectivity index (χ0n) is 10.2. The molecule has 0 aliphatic carbocycles. The number of benzene rings is 1. The van der Waals surface area contributed by atoms with Gasteiger partial charge in [0.1, 0.15) is 6.10 Å². The molecule has 0 amide bonds. The number of carbonyl (C=O) groups is 1. The van der Waals surface area contributed by atoms with Crippen molar-refractivity contribution in [2.45, 2.75) is 19.4 Å². The SMILES string of the molecule is CC(=O)c1cc(Br)cc([N+](=O)[O-])c1OC1CCOC1. The highest BCUT2D eigenvalue weighted by atomic mass is 79.9. The zero-order chi connectivity index (χ0) is 14.0. The molecule has 0 saturated carbocycles. The van der Waals surface area contributed by atoms with E-state index in [4.69, 9.17) is 9.47 Å². The minimum Gasteiger partial charge on any atom is -0.480 e. The van der Waals surface area contributed by atoms with Gasteiger partial charge in [-0.2, -0.15) is 0 Å². The minimum atomic E-state index is -0.553. The van der Waals surface area contributed by atoms with Crippen LogP contribution in [0.3, 0.4) is 0 Å². The number of nitro groups is 1. The molecule has 1 atom stereocenters. The lowest BCUT2D eigenvalue weighted by Gasteiger charge is -2.14. The molecule has 1 saturated heterocycles. The van der Waals surface area contributed by atoms with Gasteiger partial charge in [0.05, 0.1) is 23.7 Å². The molecule has 0 bridgehead atoms. The number of hydrogen-bond donors (Lipinski definition) is 0. The van der Waals surface area contributed by atoms with Crippen LogP contribution in [0.1, 0.15) is 23.7 Å². The number of ether oxygens (including phenoxy) is 2.